The van der Waals surface area contributed by atoms with E-state index in [1.165, 1.54) is 0 Å². The predicted molar refractivity (Wildman–Crippen MR) is 97.7 cm³/mol. The van der Waals surface area contributed by atoms with Gasteiger partial charge in [0.05, 0.1) is 0 Å². The van der Waals surface area contributed by atoms with Gasteiger partial charge in [-0.3, -0.25) is 19.3 Å². The summed E-state index contributed by atoms with van der Waals surface area (Å²) >= 11 is 0. The summed E-state index contributed by atoms with van der Waals surface area (Å²) in [6.07, 6.45) is 1.53. The summed E-state index contributed by atoms with van der Waals surface area (Å²) in [5, 5.41) is 5.28. The summed E-state index contributed by atoms with van der Waals surface area (Å²) in [5.74, 6) is -1.69. The molecule has 0 atom stereocenters. The van der Waals surface area contributed by atoms with Crippen molar-refractivity contribution in [2.45, 2.75) is 38.6 Å². The topological polar surface area (TPSA) is 105 Å². The van der Waals surface area contributed by atoms with Gasteiger partial charge in [-0.05, 0) is 24.8 Å². The van der Waals surface area contributed by atoms with Gasteiger partial charge in [0.1, 0.15) is 12.1 Å². The average molecular weight is 375 g/mol. The van der Waals surface area contributed by atoms with Crippen molar-refractivity contribution in [1.29, 1.82) is 0 Å². The van der Waals surface area contributed by atoms with Gasteiger partial charge in [-0.15, -0.1) is 0 Å². The Kier molecular flexibility index (Phi) is 6.92. The minimum atomic E-state index is -0.966. The fourth-order valence-electron chi connectivity index (χ4n) is 2.91. The number of nitrogens with zero attached hydrogens (tertiary/aromatic N) is 1. The Labute approximate surface area is 158 Å². The molecular weight excluding hydrogens is 350 g/mol. The summed E-state index contributed by atoms with van der Waals surface area (Å²) in [5.41, 5.74) is 0.121. The number of amides is 4. The van der Waals surface area contributed by atoms with E-state index in [1.54, 1.807) is 13.8 Å². The van der Waals surface area contributed by atoms with Crippen LogP contribution in [0.1, 0.15) is 32.3 Å². The highest BCUT2D eigenvalue weighted by molar-refractivity contribution is 6.08. The molecule has 1 aliphatic rings. The van der Waals surface area contributed by atoms with Gasteiger partial charge < -0.3 is 15.4 Å². The zero-order valence-electron chi connectivity index (χ0n) is 15.6. The molecule has 0 aromatic heterocycles. The normalized spacial score (nSPS) is 15.4. The number of nitrogens with one attached hydrogen (secondary N) is 2. The van der Waals surface area contributed by atoms with Crippen LogP contribution in [0.4, 0.5) is 4.79 Å². The van der Waals surface area contributed by atoms with E-state index in [0.717, 1.165) is 10.5 Å². The Morgan fingerprint density at radius 2 is 1.81 bits per heavy atom. The van der Waals surface area contributed by atoms with E-state index in [2.05, 4.69) is 10.6 Å². The lowest BCUT2D eigenvalue weighted by Crippen LogP contribution is -2.46. The average Bonchev–Trinajstić information content (AvgIpc) is 2.92. The van der Waals surface area contributed by atoms with E-state index < -0.39 is 42.5 Å². The maximum absolute atomic E-state index is 12.4. The van der Waals surface area contributed by atoms with E-state index in [9.17, 15) is 19.2 Å². The molecule has 1 aromatic rings. The largest absolute Gasteiger partial charge is 0.454 e. The highest BCUT2D eigenvalue weighted by Crippen LogP contribution is 2.24. The third-order valence-corrected chi connectivity index (χ3v) is 4.68. The molecule has 146 valence electrons. The van der Waals surface area contributed by atoms with E-state index in [-0.39, 0.29) is 0 Å². The van der Waals surface area contributed by atoms with Crippen LogP contribution < -0.4 is 10.6 Å². The lowest BCUT2D eigenvalue weighted by Gasteiger charge is -2.22. The molecule has 1 saturated heterocycles. The number of hydrogen-bond acceptors (Lipinski definition) is 5. The quantitative estimate of drug-likeness (QED) is 0.495. The molecule has 8 nitrogen and oxygen atoms in total. The minimum Gasteiger partial charge on any atom is -0.454 e. The number of hydrogen-bond donors (Lipinski definition) is 2. The summed E-state index contributed by atoms with van der Waals surface area (Å²) < 4.78 is 4.88. The number of carbonyl (C=O) groups excluding carboxylic acids is 4. The van der Waals surface area contributed by atoms with Crippen molar-refractivity contribution < 1.29 is 23.9 Å². The van der Waals surface area contributed by atoms with Gasteiger partial charge in [0.25, 0.3) is 11.8 Å². The van der Waals surface area contributed by atoms with Crippen molar-refractivity contribution in [2.24, 2.45) is 0 Å². The number of benzene rings is 1. The van der Waals surface area contributed by atoms with Gasteiger partial charge in [-0.25, -0.2) is 4.79 Å². The first-order valence-corrected chi connectivity index (χ1v) is 9.02. The third-order valence-electron chi connectivity index (χ3n) is 4.68. The molecule has 2 N–H and O–H groups in total. The summed E-state index contributed by atoms with van der Waals surface area (Å²) in [4.78, 5) is 48.9. The first-order valence-electron chi connectivity index (χ1n) is 9.02. The van der Waals surface area contributed by atoms with Gasteiger partial charge in [-0.1, -0.05) is 44.2 Å². The van der Waals surface area contributed by atoms with E-state index in [0.29, 0.717) is 25.8 Å². The number of imide groups is 1. The van der Waals surface area contributed by atoms with Crippen LogP contribution in [0.25, 0.3) is 0 Å². The monoisotopic (exact) mass is 375 g/mol. The molecule has 2 rings (SSSR count). The molecule has 0 spiro atoms. The Morgan fingerprint density at radius 3 is 2.41 bits per heavy atom. The molecule has 0 saturated carbocycles. The molecule has 1 fully saturated rings. The first-order chi connectivity index (χ1) is 12.9. The molecule has 0 radical (unpaired) electrons. The number of rotatable bonds is 9. The summed E-state index contributed by atoms with van der Waals surface area (Å²) in [6, 6.07) is 9.04. The van der Waals surface area contributed by atoms with Crippen molar-refractivity contribution >= 4 is 23.8 Å². The Hall–Kier alpha value is -2.90. The van der Waals surface area contributed by atoms with Crippen molar-refractivity contribution in [3.8, 4) is 0 Å². The van der Waals surface area contributed by atoms with Gasteiger partial charge in [0.15, 0.2) is 6.61 Å². The molecule has 0 aliphatic carbocycles. The number of ether oxygens (including phenoxy) is 1. The second kappa shape index (κ2) is 9.16. The molecule has 0 unspecified atom stereocenters. The van der Waals surface area contributed by atoms with Crippen LogP contribution in [0.5, 0.6) is 0 Å². The highest BCUT2D eigenvalue weighted by atomic mass is 16.5. The van der Waals surface area contributed by atoms with Gasteiger partial charge >= 0.3 is 12.0 Å². The molecule has 27 heavy (non-hydrogen) atoms. The van der Waals surface area contributed by atoms with E-state index >= 15 is 0 Å². The number of urea groups is 1. The number of carbonyl (C=O) groups is 4. The molecular formula is C19H25N3O5. The van der Waals surface area contributed by atoms with Gasteiger partial charge in [0, 0.05) is 6.54 Å². The Balaban J connectivity index is 1.73. The van der Waals surface area contributed by atoms with E-state index in [1.807, 2.05) is 30.3 Å². The van der Waals surface area contributed by atoms with Crippen LogP contribution in [-0.4, -0.2) is 54.0 Å². The van der Waals surface area contributed by atoms with E-state index in [4.69, 9.17) is 4.74 Å². The smallest absolute Gasteiger partial charge is 0.326 e. The standard InChI is InChI=1S/C19H25N3O5/c1-3-19(4-2)17(25)22(18(26)21-19)12-16(24)27-13-15(23)20-11-10-14-8-6-5-7-9-14/h5-9H,3-4,10-13H2,1-2H3,(H,20,23)(H,21,26). The lowest BCUT2D eigenvalue weighted by molar-refractivity contribution is -0.151. The van der Waals surface area contributed by atoms with Crippen LogP contribution in [0, 0.1) is 0 Å². The van der Waals surface area contributed by atoms with Crippen LogP contribution in [-0.2, 0) is 25.5 Å². The first kappa shape index (κ1) is 20.4. The molecule has 1 heterocycles. The SMILES string of the molecule is CCC1(CC)NC(=O)N(CC(=O)OCC(=O)NCCc2ccccc2)C1=O. The van der Waals surface area contributed by atoms with Gasteiger partial charge in [-0.2, -0.15) is 0 Å². The fourth-order valence-corrected chi connectivity index (χ4v) is 2.91. The third kappa shape index (κ3) is 5.06. The highest BCUT2D eigenvalue weighted by Gasteiger charge is 2.49. The molecule has 0 bridgehead atoms. The van der Waals surface area contributed by atoms with Crippen LogP contribution in [0.3, 0.4) is 0 Å². The number of esters is 1. The maximum Gasteiger partial charge on any atom is 0.326 e. The van der Waals surface area contributed by atoms with Crippen LogP contribution in [0.15, 0.2) is 30.3 Å². The summed E-state index contributed by atoms with van der Waals surface area (Å²) in [6.45, 7) is 3.04. The lowest BCUT2D eigenvalue weighted by atomic mass is 9.93. The van der Waals surface area contributed by atoms with Crippen LogP contribution >= 0.6 is 0 Å². The molecule has 8 heteroatoms. The second-order valence-electron chi connectivity index (χ2n) is 6.36. The minimum absolute atomic E-state index is 0.420. The van der Waals surface area contributed by atoms with Gasteiger partial charge in [0.2, 0.25) is 0 Å². The Morgan fingerprint density at radius 1 is 1.15 bits per heavy atom. The predicted octanol–water partition coefficient (Wildman–Crippen LogP) is 0.999. The van der Waals surface area contributed by atoms with Crippen molar-refractivity contribution in [3.05, 3.63) is 35.9 Å². The zero-order chi connectivity index (χ0) is 19.9. The maximum atomic E-state index is 12.4. The fraction of sp³-hybridized carbons (Fsp3) is 0.474. The molecule has 1 aromatic carbocycles. The van der Waals surface area contributed by atoms with Crippen molar-refractivity contribution in [1.82, 2.24) is 15.5 Å². The van der Waals surface area contributed by atoms with Crippen LogP contribution in [0.2, 0.25) is 0 Å². The Bertz CT molecular complexity index is 701. The zero-order valence-corrected chi connectivity index (χ0v) is 15.6. The molecule has 1 aliphatic heterocycles. The van der Waals surface area contributed by atoms with Crippen molar-refractivity contribution in [3.63, 3.8) is 0 Å². The summed E-state index contributed by atoms with van der Waals surface area (Å²) in [7, 11) is 0. The second-order valence-corrected chi connectivity index (χ2v) is 6.36. The molecule has 4 amide bonds. The van der Waals surface area contributed by atoms with Crippen molar-refractivity contribution in [2.75, 3.05) is 19.7 Å².